The molecule has 1 saturated carbocycles. The number of nitrogens with one attached hydrogen (secondary N) is 2. The number of hydrogen-bond acceptors (Lipinski definition) is 5. The molecule has 5 nitrogen and oxygen atoms in total. The fourth-order valence-electron chi connectivity index (χ4n) is 1.80. The second-order valence-corrected chi connectivity index (χ2v) is 5.85. The van der Waals surface area contributed by atoms with Gasteiger partial charge in [0.05, 0.1) is 5.41 Å². The molecule has 138 valence electrons. The Balaban J connectivity index is 2.26. The predicted molar refractivity (Wildman–Crippen MR) is 82.3 cm³/mol. The number of hydrogen-bond donors (Lipinski definition) is 2. The Hall–Kier alpha value is -2.18. The van der Waals surface area contributed by atoms with E-state index in [2.05, 4.69) is 37.4 Å². The molecule has 0 spiro atoms. The molecule has 1 aliphatic carbocycles. The minimum atomic E-state index is -4.48. The third kappa shape index (κ3) is 5.14. The van der Waals surface area contributed by atoms with Gasteiger partial charge in [0.25, 0.3) is 6.43 Å². The van der Waals surface area contributed by atoms with Gasteiger partial charge < -0.3 is 10.6 Å². The van der Waals surface area contributed by atoms with Gasteiger partial charge in [0.1, 0.15) is 6.04 Å². The maximum absolute atomic E-state index is 12.9. The second-order valence-electron chi connectivity index (χ2n) is 5.85. The van der Waals surface area contributed by atoms with Crippen molar-refractivity contribution in [3.8, 4) is 11.8 Å². The Morgan fingerprint density at radius 2 is 1.80 bits per heavy atom. The van der Waals surface area contributed by atoms with Crippen LogP contribution < -0.4 is 10.6 Å². The smallest absolute Gasteiger partial charge is 0.354 e. The van der Waals surface area contributed by atoms with Crippen molar-refractivity contribution in [3.05, 3.63) is 5.82 Å². The normalized spacial score (nSPS) is 16.8. The lowest BCUT2D eigenvalue weighted by molar-refractivity contribution is -0.138. The van der Waals surface area contributed by atoms with Crippen LogP contribution in [0.5, 0.6) is 0 Å². The number of rotatable bonds is 6. The number of nitrogens with zero attached hydrogens (tertiary/aromatic N) is 3. The first kappa shape index (κ1) is 19.1. The average molecular weight is 363 g/mol. The van der Waals surface area contributed by atoms with Gasteiger partial charge in [0.2, 0.25) is 17.7 Å². The summed E-state index contributed by atoms with van der Waals surface area (Å²) in [6.45, 7) is 3.30. The Morgan fingerprint density at radius 1 is 1.16 bits per heavy atom. The van der Waals surface area contributed by atoms with Crippen molar-refractivity contribution in [3.63, 3.8) is 0 Å². The number of halogens is 5. The van der Waals surface area contributed by atoms with Gasteiger partial charge in [-0.05, 0) is 32.1 Å². The standard InChI is InChI=1S/C15H18F5N5/c1-3-8-21-12-23-10(4-5-14(6-7-14)11(16)17)24-13(25-12)22-9(2)15(18,19)20/h9,11H,3,6-8H2,1-2H3,(H2,21,22,23,24,25)/t9-/m1/s1. The van der Waals surface area contributed by atoms with Gasteiger partial charge >= 0.3 is 6.18 Å². The molecule has 25 heavy (non-hydrogen) atoms. The van der Waals surface area contributed by atoms with E-state index in [-0.39, 0.29) is 30.6 Å². The highest BCUT2D eigenvalue weighted by atomic mass is 19.4. The SMILES string of the molecule is CCCNc1nc(C#CC2(C(F)F)CC2)nc(N[C@H](C)C(F)(F)F)n1. The van der Waals surface area contributed by atoms with Gasteiger partial charge in [-0.15, -0.1) is 0 Å². The minimum absolute atomic E-state index is 0.0416. The van der Waals surface area contributed by atoms with Crippen LogP contribution in [0.1, 0.15) is 38.9 Å². The van der Waals surface area contributed by atoms with Crippen LogP contribution in [-0.2, 0) is 0 Å². The van der Waals surface area contributed by atoms with Crippen molar-refractivity contribution < 1.29 is 22.0 Å². The summed E-state index contributed by atoms with van der Waals surface area (Å²) < 4.78 is 63.8. The monoisotopic (exact) mass is 363 g/mol. The van der Waals surface area contributed by atoms with Crippen LogP contribution in [0.3, 0.4) is 0 Å². The summed E-state index contributed by atoms with van der Waals surface area (Å²) in [5.41, 5.74) is -1.35. The lowest BCUT2D eigenvalue weighted by Crippen LogP contribution is -2.34. The quantitative estimate of drug-likeness (QED) is 0.599. The summed E-state index contributed by atoms with van der Waals surface area (Å²) in [4.78, 5) is 11.6. The molecule has 0 radical (unpaired) electrons. The third-order valence-corrected chi connectivity index (χ3v) is 3.63. The number of anilines is 2. The van der Waals surface area contributed by atoms with Crippen molar-refractivity contribution >= 4 is 11.9 Å². The molecule has 2 N–H and O–H groups in total. The van der Waals surface area contributed by atoms with Crippen LogP contribution in [-0.4, -0.2) is 40.1 Å². The van der Waals surface area contributed by atoms with E-state index >= 15 is 0 Å². The summed E-state index contributed by atoms with van der Waals surface area (Å²) in [6, 6.07) is -1.88. The lowest BCUT2D eigenvalue weighted by atomic mass is 10.1. The van der Waals surface area contributed by atoms with Crippen molar-refractivity contribution in [1.29, 1.82) is 0 Å². The molecule has 1 heterocycles. The van der Waals surface area contributed by atoms with E-state index in [1.54, 1.807) is 0 Å². The Bertz CT molecular complexity index is 661. The predicted octanol–water partition coefficient (Wildman–Crippen LogP) is 3.45. The highest BCUT2D eigenvalue weighted by Crippen LogP contribution is 2.50. The minimum Gasteiger partial charge on any atom is -0.354 e. The van der Waals surface area contributed by atoms with Gasteiger partial charge in [0.15, 0.2) is 0 Å². The van der Waals surface area contributed by atoms with Gasteiger partial charge in [0, 0.05) is 6.54 Å². The first-order valence-electron chi connectivity index (χ1n) is 7.81. The maximum atomic E-state index is 12.9. The zero-order chi connectivity index (χ0) is 18.7. The largest absolute Gasteiger partial charge is 0.408 e. The molecule has 0 aliphatic heterocycles. The third-order valence-electron chi connectivity index (χ3n) is 3.63. The molecule has 1 aromatic heterocycles. The number of aromatic nitrogens is 3. The van der Waals surface area contributed by atoms with Gasteiger partial charge in [-0.25, -0.2) is 8.78 Å². The summed E-state index contributed by atoms with van der Waals surface area (Å²) >= 11 is 0. The second kappa shape index (κ2) is 7.37. The summed E-state index contributed by atoms with van der Waals surface area (Å²) in [6.07, 6.45) is -5.77. The van der Waals surface area contributed by atoms with E-state index in [1.807, 2.05) is 6.92 Å². The maximum Gasteiger partial charge on any atom is 0.408 e. The zero-order valence-electron chi connectivity index (χ0n) is 13.7. The van der Waals surface area contributed by atoms with Crippen molar-refractivity contribution in [2.24, 2.45) is 5.41 Å². The molecule has 1 fully saturated rings. The van der Waals surface area contributed by atoms with Crippen LogP contribution in [0, 0.1) is 17.3 Å². The molecule has 2 rings (SSSR count). The Morgan fingerprint density at radius 3 is 2.32 bits per heavy atom. The van der Waals surface area contributed by atoms with Gasteiger partial charge in [-0.3, -0.25) is 0 Å². The van der Waals surface area contributed by atoms with E-state index < -0.39 is 24.1 Å². The number of alkyl halides is 5. The van der Waals surface area contributed by atoms with Crippen LogP contribution >= 0.6 is 0 Å². The average Bonchev–Trinajstić information content (AvgIpc) is 3.31. The summed E-state index contributed by atoms with van der Waals surface area (Å²) in [5.74, 6) is 4.47. The van der Waals surface area contributed by atoms with E-state index in [0.29, 0.717) is 6.54 Å². The lowest BCUT2D eigenvalue weighted by Gasteiger charge is -2.17. The molecular weight excluding hydrogens is 345 g/mol. The van der Waals surface area contributed by atoms with Crippen LogP contribution in [0.25, 0.3) is 0 Å². The van der Waals surface area contributed by atoms with E-state index in [9.17, 15) is 22.0 Å². The first-order chi connectivity index (χ1) is 11.7. The van der Waals surface area contributed by atoms with Gasteiger partial charge in [-0.2, -0.15) is 28.1 Å². The van der Waals surface area contributed by atoms with Crippen LogP contribution in [0.15, 0.2) is 0 Å². The molecule has 10 heteroatoms. The fourth-order valence-corrected chi connectivity index (χ4v) is 1.80. The molecular formula is C15H18F5N5. The molecule has 1 atom stereocenters. The zero-order valence-corrected chi connectivity index (χ0v) is 13.7. The molecule has 1 aliphatic rings. The summed E-state index contributed by atoms with van der Waals surface area (Å²) in [7, 11) is 0. The molecule has 1 aromatic rings. The topological polar surface area (TPSA) is 62.7 Å². The molecule has 0 aromatic carbocycles. The first-order valence-corrected chi connectivity index (χ1v) is 7.81. The van der Waals surface area contributed by atoms with E-state index in [4.69, 9.17) is 0 Å². The van der Waals surface area contributed by atoms with Crippen molar-refractivity contribution in [2.75, 3.05) is 17.2 Å². The van der Waals surface area contributed by atoms with E-state index in [1.165, 1.54) is 0 Å². The Labute approximate surface area is 141 Å². The van der Waals surface area contributed by atoms with Crippen LogP contribution in [0.4, 0.5) is 33.8 Å². The highest BCUT2D eigenvalue weighted by Gasteiger charge is 2.50. The van der Waals surface area contributed by atoms with Crippen molar-refractivity contribution in [1.82, 2.24) is 15.0 Å². The molecule has 0 bridgehead atoms. The Kier molecular flexibility index (Phi) is 5.65. The molecule has 0 saturated heterocycles. The highest BCUT2D eigenvalue weighted by molar-refractivity contribution is 5.40. The molecule has 0 amide bonds. The van der Waals surface area contributed by atoms with Gasteiger partial charge in [-0.1, -0.05) is 12.8 Å². The summed E-state index contributed by atoms with van der Waals surface area (Å²) in [5, 5.41) is 4.95. The van der Waals surface area contributed by atoms with Crippen LogP contribution in [0.2, 0.25) is 0 Å². The van der Waals surface area contributed by atoms with E-state index in [0.717, 1.165) is 13.3 Å². The molecule has 0 unspecified atom stereocenters. The van der Waals surface area contributed by atoms with Crippen molar-refractivity contribution in [2.45, 2.75) is 51.8 Å². The fraction of sp³-hybridized carbons (Fsp3) is 0.667.